The number of hydrogen-bond acceptors (Lipinski definition) is 3. The lowest BCUT2D eigenvalue weighted by Crippen LogP contribution is -2.41. The van der Waals surface area contributed by atoms with Gasteiger partial charge in [-0.2, -0.15) is 0 Å². The molecule has 1 fully saturated rings. The van der Waals surface area contributed by atoms with Crippen molar-refractivity contribution in [2.24, 2.45) is 0 Å². The molecule has 0 aliphatic heterocycles. The Bertz CT molecular complexity index is 538. The summed E-state index contributed by atoms with van der Waals surface area (Å²) in [5, 5.41) is 9.61. The van der Waals surface area contributed by atoms with E-state index in [-0.39, 0.29) is 12.1 Å². The van der Waals surface area contributed by atoms with E-state index in [1.807, 2.05) is 0 Å². The predicted molar refractivity (Wildman–Crippen MR) is 113 cm³/mol. The Morgan fingerprint density at radius 1 is 1.07 bits per heavy atom. The summed E-state index contributed by atoms with van der Waals surface area (Å²) >= 11 is 0. The van der Waals surface area contributed by atoms with E-state index in [4.69, 9.17) is 0 Å². The van der Waals surface area contributed by atoms with Crippen molar-refractivity contribution >= 4 is 6.03 Å². The van der Waals surface area contributed by atoms with Crippen molar-refractivity contribution < 1.29 is 4.79 Å². The van der Waals surface area contributed by atoms with E-state index >= 15 is 0 Å². The predicted octanol–water partition coefficient (Wildman–Crippen LogP) is 3.46. The molecule has 0 radical (unpaired) electrons. The minimum Gasteiger partial charge on any atom is -0.338 e. The fourth-order valence-electron chi connectivity index (χ4n) is 3.73. The van der Waals surface area contributed by atoms with Crippen LogP contribution in [-0.2, 0) is 6.42 Å². The zero-order valence-electron chi connectivity index (χ0n) is 17.4. The van der Waals surface area contributed by atoms with Crippen LogP contribution in [0.15, 0.2) is 24.3 Å². The molecule has 1 aliphatic rings. The highest BCUT2D eigenvalue weighted by Gasteiger charge is 2.15. The molecule has 1 atom stereocenters. The van der Waals surface area contributed by atoms with E-state index in [0.29, 0.717) is 19.1 Å². The van der Waals surface area contributed by atoms with Gasteiger partial charge in [0.05, 0.1) is 6.04 Å². The molecule has 5 heteroatoms. The van der Waals surface area contributed by atoms with Crippen LogP contribution < -0.4 is 16.0 Å². The first-order chi connectivity index (χ1) is 13.1. The lowest BCUT2D eigenvalue weighted by atomic mass is 9.95. The van der Waals surface area contributed by atoms with E-state index < -0.39 is 0 Å². The number of benzene rings is 1. The van der Waals surface area contributed by atoms with Crippen molar-refractivity contribution in [1.82, 2.24) is 20.9 Å². The van der Waals surface area contributed by atoms with Gasteiger partial charge < -0.3 is 20.9 Å². The Hall–Kier alpha value is -1.59. The number of aryl methyl sites for hydroxylation is 1. The maximum absolute atomic E-state index is 12.1. The normalized spacial score (nSPS) is 16.3. The smallest absolute Gasteiger partial charge is 0.314 e. The third-order valence-electron chi connectivity index (χ3n) is 5.53. The number of carbonyl (C=O) groups excluding carboxylic acids is 1. The molecule has 0 bridgehead atoms. The Morgan fingerprint density at radius 3 is 2.41 bits per heavy atom. The molecule has 0 aromatic heterocycles. The zero-order chi connectivity index (χ0) is 19.5. The standard InChI is InChI=1S/C22H38N4O/c1-4-18-11-13-19(14-12-18)21(26(2)3)17-25-22(27)24-16-8-15-23-20-9-6-5-7-10-20/h11-14,20-21,23H,4-10,15-17H2,1-3H3,(H2,24,25,27). The molecule has 2 rings (SSSR count). The fourth-order valence-corrected chi connectivity index (χ4v) is 3.73. The molecule has 27 heavy (non-hydrogen) atoms. The highest BCUT2D eigenvalue weighted by atomic mass is 16.2. The summed E-state index contributed by atoms with van der Waals surface area (Å²) in [4.78, 5) is 14.3. The maximum atomic E-state index is 12.1. The summed E-state index contributed by atoms with van der Waals surface area (Å²) in [7, 11) is 4.10. The van der Waals surface area contributed by atoms with Gasteiger partial charge in [-0.05, 0) is 57.5 Å². The molecule has 0 spiro atoms. The van der Waals surface area contributed by atoms with Gasteiger partial charge in [-0.1, -0.05) is 50.5 Å². The monoisotopic (exact) mass is 374 g/mol. The van der Waals surface area contributed by atoms with Crippen LogP contribution in [0.3, 0.4) is 0 Å². The summed E-state index contributed by atoms with van der Waals surface area (Å²) < 4.78 is 0. The molecule has 1 unspecified atom stereocenters. The second kappa shape index (κ2) is 12.0. The number of hydrogen-bond donors (Lipinski definition) is 3. The summed E-state index contributed by atoms with van der Waals surface area (Å²) in [6, 6.07) is 9.46. The van der Waals surface area contributed by atoms with Crippen LogP contribution in [0.2, 0.25) is 0 Å². The SMILES string of the molecule is CCc1ccc(C(CNC(=O)NCCCNC2CCCCC2)N(C)C)cc1. The topological polar surface area (TPSA) is 56.4 Å². The molecule has 1 saturated carbocycles. The lowest BCUT2D eigenvalue weighted by molar-refractivity contribution is 0.232. The van der Waals surface area contributed by atoms with Gasteiger partial charge in [-0.3, -0.25) is 0 Å². The summed E-state index contributed by atoms with van der Waals surface area (Å²) in [6.45, 7) is 4.46. The van der Waals surface area contributed by atoms with Gasteiger partial charge >= 0.3 is 6.03 Å². The van der Waals surface area contributed by atoms with Crippen LogP contribution in [0.4, 0.5) is 4.79 Å². The molecule has 1 aliphatic carbocycles. The van der Waals surface area contributed by atoms with Gasteiger partial charge in [-0.15, -0.1) is 0 Å². The van der Waals surface area contributed by atoms with E-state index in [1.165, 1.54) is 43.2 Å². The quantitative estimate of drug-likeness (QED) is 0.550. The van der Waals surface area contributed by atoms with Crippen molar-refractivity contribution in [3.63, 3.8) is 0 Å². The molecule has 152 valence electrons. The molecule has 0 heterocycles. The van der Waals surface area contributed by atoms with Crippen LogP contribution in [0, 0.1) is 0 Å². The number of carbonyl (C=O) groups is 1. The third-order valence-corrected chi connectivity index (χ3v) is 5.53. The van der Waals surface area contributed by atoms with Crippen LogP contribution in [0.25, 0.3) is 0 Å². The van der Waals surface area contributed by atoms with Crippen LogP contribution in [0.1, 0.15) is 62.6 Å². The van der Waals surface area contributed by atoms with Gasteiger partial charge in [0.1, 0.15) is 0 Å². The largest absolute Gasteiger partial charge is 0.338 e. The number of likely N-dealkylation sites (N-methyl/N-ethyl adjacent to an activating group) is 1. The van der Waals surface area contributed by atoms with Gasteiger partial charge in [0.2, 0.25) is 0 Å². The van der Waals surface area contributed by atoms with Crippen LogP contribution in [0.5, 0.6) is 0 Å². The lowest BCUT2D eigenvalue weighted by Gasteiger charge is -2.25. The van der Waals surface area contributed by atoms with Gasteiger partial charge in [0, 0.05) is 19.1 Å². The highest BCUT2D eigenvalue weighted by molar-refractivity contribution is 5.73. The number of nitrogens with one attached hydrogen (secondary N) is 3. The molecule has 1 aromatic carbocycles. The average Bonchev–Trinajstić information content (AvgIpc) is 2.69. The minimum absolute atomic E-state index is 0.0790. The van der Waals surface area contributed by atoms with Crippen molar-refractivity contribution in [1.29, 1.82) is 0 Å². The molecule has 2 amide bonds. The molecule has 0 saturated heterocycles. The molecule has 5 nitrogen and oxygen atoms in total. The van der Waals surface area contributed by atoms with E-state index in [1.54, 1.807) is 0 Å². The number of amides is 2. The molecular formula is C22H38N4O. The Labute approximate surface area is 165 Å². The summed E-state index contributed by atoms with van der Waals surface area (Å²) in [5.41, 5.74) is 2.57. The van der Waals surface area contributed by atoms with Crippen LogP contribution >= 0.6 is 0 Å². The van der Waals surface area contributed by atoms with Crippen molar-refractivity contribution in [2.45, 2.75) is 64.0 Å². The van der Waals surface area contributed by atoms with Crippen molar-refractivity contribution in [3.8, 4) is 0 Å². The molecular weight excluding hydrogens is 336 g/mol. The third kappa shape index (κ3) is 7.89. The molecule has 1 aromatic rings. The number of urea groups is 1. The Morgan fingerprint density at radius 2 is 1.78 bits per heavy atom. The van der Waals surface area contributed by atoms with Crippen molar-refractivity contribution in [2.75, 3.05) is 33.7 Å². The summed E-state index contributed by atoms with van der Waals surface area (Å²) in [5.74, 6) is 0. The van der Waals surface area contributed by atoms with E-state index in [2.05, 4.69) is 66.1 Å². The second-order valence-corrected chi connectivity index (χ2v) is 7.85. The first-order valence-corrected chi connectivity index (χ1v) is 10.6. The number of nitrogens with zero attached hydrogens (tertiary/aromatic N) is 1. The average molecular weight is 375 g/mol. The van der Waals surface area contributed by atoms with Gasteiger partial charge in [-0.25, -0.2) is 4.79 Å². The number of rotatable bonds is 10. The van der Waals surface area contributed by atoms with E-state index in [0.717, 1.165) is 19.4 Å². The van der Waals surface area contributed by atoms with Crippen LogP contribution in [-0.4, -0.2) is 50.7 Å². The Kier molecular flexibility index (Phi) is 9.64. The van der Waals surface area contributed by atoms with E-state index in [9.17, 15) is 4.79 Å². The first kappa shape index (κ1) is 21.7. The van der Waals surface area contributed by atoms with Gasteiger partial charge in [0.15, 0.2) is 0 Å². The first-order valence-electron chi connectivity index (χ1n) is 10.6. The maximum Gasteiger partial charge on any atom is 0.314 e. The Balaban J connectivity index is 1.64. The minimum atomic E-state index is -0.0790. The second-order valence-electron chi connectivity index (χ2n) is 7.85. The van der Waals surface area contributed by atoms with Crippen molar-refractivity contribution in [3.05, 3.63) is 35.4 Å². The summed E-state index contributed by atoms with van der Waals surface area (Å²) in [6.07, 6.45) is 8.72. The molecule has 3 N–H and O–H groups in total. The highest BCUT2D eigenvalue weighted by Crippen LogP contribution is 2.18. The fraction of sp³-hybridized carbons (Fsp3) is 0.682. The van der Waals surface area contributed by atoms with Gasteiger partial charge in [0.25, 0.3) is 0 Å². The zero-order valence-corrected chi connectivity index (χ0v) is 17.4.